The van der Waals surface area contributed by atoms with Crippen molar-refractivity contribution >= 4 is 0 Å². The van der Waals surface area contributed by atoms with Gasteiger partial charge in [0.1, 0.15) is 6.10 Å². The number of methoxy groups -OCH3 is 1. The van der Waals surface area contributed by atoms with Crippen LogP contribution in [0.1, 0.15) is 50.9 Å². The summed E-state index contributed by atoms with van der Waals surface area (Å²) in [5.41, 5.74) is 5.81. The second-order valence-electron chi connectivity index (χ2n) is 5.98. The molecule has 1 fully saturated rings. The minimum absolute atomic E-state index is 0.000995. The first-order valence-electron chi connectivity index (χ1n) is 7.19. The summed E-state index contributed by atoms with van der Waals surface area (Å²) in [6, 6.07) is 0. The molecule has 5 heteroatoms. The Morgan fingerprint density at radius 1 is 1.42 bits per heavy atom. The molecule has 0 spiro atoms. The lowest BCUT2D eigenvalue weighted by Crippen LogP contribution is -2.19. The van der Waals surface area contributed by atoms with Crippen molar-refractivity contribution in [3.8, 4) is 0 Å². The van der Waals surface area contributed by atoms with Gasteiger partial charge in [-0.3, -0.25) is 0 Å². The number of hydrogen-bond donors (Lipinski definition) is 1. The van der Waals surface area contributed by atoms with Crippen molar-refractivity contribution in [1.82, 2.24) is 10.1 Å². The zero-order valence-electron chi connectivity index (χ0n) is 12.1. The highest BCUT2D eigenvalue weighted by atomic mass is 16.5. The van der Waals surface area contributed by atoms with Crippen LogP contribution in [0.15, 0.2) is 4.52 Å². The van der Waals surface area contributed by atoms with Crippen LogP contribution in [0.2, 0.25) is 0 Å². The van der Waals surface area contributed by atoms with Crippen LogP contribution in [-0.4, -0.2) is 23.8 Å². The molecule has 19 heavy (non-hydrogen) atoms. The zero-order valence-corrected chi connectivity index (χ0v) is 12.1. The van der Waals surface area contributed by atoms with Crippen molar-refractivity contribution in [2.24, 2.45) is 23.5 Å². The third-order valence-corrected chi connectivity index (χ3v) is 3.64. The standard InChI is InChI=1S/C14H25N3O2/c1-9(2)6-10(8-15)7-12-16-14(17-19-12)13(18-3)11-4-5-11/h9-11,13H,4-8,15H2,1-3H3. The van der Waals surface area contributed by atoms with Crippen molar-refractivity contribution in [3.05, 3.63) is 11.7 Å². The summed E-state index contributed by atoms with van der Waals surface area (Å²) in [5, 5.41) is 4.06. The summed E-state index contributed by atoms with van der Waals surface area (Å²) in [7, 11) is 1.71. The van der Waals surface area contributed by atoms with E-state index in [0.717, 1.165) is 12.8 Å². The molecule has 108 valence electrons. The lowest BCUT2D eigenvalue weighted by Gasteiger charge is -2.14. The van der Waals surface area contributed by atoms with E-state index < -0.39 is 0 Å². The molecule has 0 radical (unpaired) electrons. The van der Waals surface area contributed by atoms with Crippen LogP contribution in [0.3, 0.4) is 0 Å². The predicted molar refractivity (Wildman–Crippen MR) is 72.5 cm³/mol. The molecule has 1 aliphatic carbocycles. The molecule has 1 saturated carbocycles. The van der Waals surface area contributed by atoms with E-state index in [0.29, 0.717) is 36.0 Å². The average Bonchev–Trinajstić information content (AvgIpc) is 3.09. The van der Waals surface area contributed by atoms with Crippen LogP contribution in [0.4, 0.5) is 0 Å². The topological polar surface area (TPSA) is 74.2 Å². The minimum Gasteiger partial charge on any atom is -0.373 e. The van der Waals surface area contributed by atoms with Gasteiger partial charge in [0.25, 0.3) is 0 Å². The van der Waals surface area contributed by atoms with Crippen LogP contribution in [0.5, 0.6) is 0 Å². The lowest BCUT2D eigenvalue weighted by atomic mass is 9.94. The third kappa shape index (κ3) is 4.01. The van der Waals surface area contributed by atoms with E-state index in [1.54, 1.807) is 7.11 Å². The molecule has 0 saturated heterocycles. The van der Waals surface area contributed by atoms with Crippen LogP contribution < -0.4 is 5.73 Å². The highest BCUT2D eigenvalue weighted by Crippen LogP contribution is 2.41. The molecule has 2 N–H and O–H groups in total. The summed E-state index contributed by atoms with van der Waals surface area (Å²) < 4.78 is 10.8. The van der Waals surface area contributed by atoms with Crippen molar-refractivity contribution < 1.29 is 9.26 Å². The molecule has 2 atom stereocenters. The third-order valence-electron chi connectivity index (χ3n) is 3.64. The van der Waals surface area contributed by atoms with Crippen LogP contribution in [0.25, 0.3) is 0 Å². The van der Waals surface area contributed by atoms with Gasteiger partial charge in [0, 0.05) is 13.5 Å². The summed E-state index contributed by atoms with van der Waals surface area (Å²) >= 11 is 0. The van der Waals surface area contributed by atoms with Gasteiger partial charge < -0.3 is 15.0 Å². The Labute approximate surface area is 114 Å². The van der Waals surface area contributed by atoms with Gasteiger partial charge in [-0.25, -0.2) is 0 Å². The molecule has 5 nitrogen and oxygen atoms in total. The largest absolute Gasteiger partial charge is 0.373 e. The van der Waals surface area contributed by atoms with Crippen LogP contribution in [0, 0.1) is 17.8 Å². The maximum Gasteiger partial charge on any atom is 0.227 e. The Bertz CT molecular complexity index is 388. The normalized spacial score (nSPS) is 18.8. The maximum atomic E-state index is 5.81. The SMILES string of the molecule is COC(c1noc(CC(CN)CC(C)C)n1)C1CC1. The molecule has 1 aromatic heterocycles. The highest BCUT2D eigenvalue weighted by Gasteiger charge is 2.35. The smallest absolute Gasteiger partial charge is 0.227 e. The quantitative estimate of drug-likeness (QED) is 0.782. The summed E-state index contributed by atoms with van der Waals surface area (Å²) in [5.74, 6) is 3.00. The minimum atomic E-state index is -0.000995. The monoisotopic (exact) mass is 267 g/mol. The number of nitrogens with two attached hydrogens (primary N) is 1. The molecule has 0 amide bonds. The Morgan fingerprint density at radius 2 is 2.16 bits per heavy atom. The van der Waals surface area contributed by atoms with Gasteiger partial charge in [0.2, 0.25) is 11.7 Å². The molecule has 0 aliphatic heterocycles. The lowest BCUT2D eigenvalue weighted by molar-refractivity contribution is 0.0751. The van der Waals surface area contributed by atoms with E-state index in [4.69, 9.17) is 15.0 Å². The highest BCUT2D eigenvalue weighted by molar-refractivity contribution is 4.98. The van der Waals surface area contributed by atoms with Gasteiger partial charge in [0.05, 0.1) is 0 Å². The van der Waals surface area contributed by atoms with Gasteiger partial charge >= 0.3 is 0 Å². The summed E-state index contributed by atoms with van der Waals surface area (Å²) in [4.78, 5) is 4.48. The van der Waals surface area contributed by atoms with Crippen molar-refractivity contribution in [1.29, 1.82) is 0 Å². The molecule has 1 aromatic rings. The Morgan fingerprint density at radius 3 is 2.68 bits per heavy atom. The Hall–Kier alpha value is -0.940. The zero-order chi connectivity index (χ0) is 13.8. The molecule has 1 heterocycles. The molecular formula is C14H25N3O2. The van der Waals surface area contributed by atoms with E-state index in [2.05, 4.69) is 24.0 Å². The van der Waals surface area contributed by atoms with E-state index in [1.165, 1.54) is 12.8 Å². The Kier molecular flexibility index (Phi) is 4.93. The first-order valence-corrected chi connectivity index (χ1v) is 7.19. The molecule has 0 aromatic carbocycles. The number of ether oxygens (including phenoxy) is 1. The Balaban J connectivity index is 1.95. The van der Waals surface area contributed by atoms with Gasteiger partial charge in [-0.05, 0) is 43.6 Å². The molecule has 0 bridgehead atoms. The number of rotatable bonds is 8. The van der Waals surface area contributed by atoms with Gasteiger partial charge in [-0.2, -0.15) is 4.98 Å². The average molecular weight is 267 g/mol. The summed E-state index contributed by atoms with van der Waals surface area (Å²) in [6.07, 6.45) is 4.24. The van der Waals surface area contributed by atoms with Crippen molar-refractivity contribution in [2.45, 2.75) is 45.6 Å². The predicted octanol–water partition coefficient (Wildman–Crippen LogP) is 2.33. The number of aromatic nitrogens is 2. The van der Waals surface area contributed by atoms with Crippen LogP contribution >= 0.6 is 0 Å². The molecule has 2 unspecified atom stereocenters. The maximum absolute atomic E-state index is 5.81. The number of hydrogen-bond acceptors (Lipinski definition) is 5. The van der Waals surface area contributed by atoms with Crippen molar-refractivity contribution in [2.75, 3.05) is 13.7 Å². The fourth-order valence-electron chi connectivity index (χ4n) is 2.55. The molecule has 1 aliphatic rings. The number of nitrogens with zero attached hydrogens (tertiary/aromatic N) is 2. The van der Waals surface area contributed by atoms with Gasteiger partial charge in [-0.15, -0.1) is 0 Å². The van der Waals surface area contributed by atoms with Gasteiger partial charge in [-0.1, -0.05) is 19.0 Å². The van der Waals surface area contributed by atoms with E-state index in [9.17, 15) is 0 Å². The fraction of sp³-hybridized carbons (Fsp3) is 0.857. The molecule has 2 rings (SSSR count). The van der Waals surface area contributed by atoms with E-state index >= 15 is 0 Å². The van der Waals surface area contributed by atoms with Gasteiger partial charge in [0.15, 0.2) is 0 Å². The summed E-state index contributed by atoms with van der Waals surface area (Å²) in [6.45, 7) is 5.07. The van der Waals surface area contributed by atoms with E-state index in [1.807, 2.05) is 0 Å². The first kappa shape index (κ1) is 14.5. The first-order chi connectivity index (χ1) is 9.13. The van der Waals surface area contributed by atoms with Crippen LogP contribution in [-0.2, 0) is 11.2 Å². The fourth-order valence-corrected chi connectivity index (χ4v) is 2.55. The second-order valence-corrected chi connectivity index (χ2v) is 5.98. The van der Waals surface area contributed by atoms with E-state index in [-0.39, 0.29) is 6.10 Å². The second kappa shape index (κ2) is 6.48. The van der Waals surface area contributed by atoms with Crippen molar-refractivity contribution in [3.63, 3.8) is 0 Å². The molecular weight excluding hydrogens is 242 g/mol.